The van der Waals surface area contributed by atoms with Crippen LogP contribution in [-0.2, 0) is 14.4 Å². The van der Waals surface area contributed by atoms with Crippen LogP contribution < -0.4 is 15.5 Å². The molecule has 2 unspecified atom stereocenters. The molecule has 11 nitrogen and oxygen atoms in total. The molecule has 5 fully saturated rings. The summed E-state index contributed by atoms with van der Waals surface area (Å²) in [6.07, 6.45) is 21.7. The average Bonchev–Trinajstić information content (AvgIpc) is 3.15. The van der Waals surface area contributed by atoms with Gasteiger partial charge >= 0.3 is 0 Å². The summed E-state index contributed by atoms with van der Waals surface area (Å²) in [6.45, 7) is 26.6. The van der Waals surface area contributed by atoms with Gasteiger partial charge in [0.2, 0.25) is 17.8 Å². The zero-order valence-electron chi connectivity index (χ0n) is 37.4. The van der Waals surface area contributed by atoms with E-state index in [9.17, 15) is 0 Å². The molecule has 2 atom stereocenters. The number of piperidine rings is 2. The Labute approximate surface area is 341 Å². The highest BCUT2D eigenvalue weighted by Gasteiger charge is 2.50. The number of hydrogen-bond acceptors (Lipinski definition) is 11. The van der Waals surface area contributed by atoms with E-state index in [1.165, 1.54) is 64.2 Å². The molecule has 2 N–H and O–H groups in total. The molecule has 5 aliphatic rings. The highest BCUT2D eigenvalue weighted by atomic mass is 16.7. The van der Waals surface area contributed by atoms with E-state index < -0.39 is 0 Å². The minimum Gasteiger partial charge on any atom is -0.378 e. The molecule has 0 amide bonds. The SMILES string of the molecule is CCCC(Nc1nc(NC(CCC)C2CC(C)(C)N(OC3CCCCC3)C(C)(C)C2)nc(N2CCOCC2)n1)C1CC(C)(C)N(OC2CCCCC2)C(C)(C)C1. The van der Waals surface area contributed by atoms with E-state index in [2.05, 4.69) is 94.9 Å². The van der Waals surface area contributed by atoms with Gasteiger partial charge in [-0.25, -0.2) is 0 Å². The Morgan fingerprint density at radius 1 is 0.589 bits per heavy atom. The van der Waals surface area contributed by atoms with Crippen molar-refractivity contribution < 1.29 is 14.4 Å². The first-order valence-corrected chi connectivity index (χ1v) is 23.2. The zero-order chi connectivity index (χ0) is 40.1. The van der Waals surface area contributed by atoms with Gasteiger partial charge in [-0.1, -0.05) is 65.2 Å². The molecular weight excluding hydrogens is 701 g/mol. The lowest BCUT2D eigenvalue weighted by Crippen LogP contribution is -2.63. The van der Waals surface area contributed by atoms with E-state index >= 15 is 0 Å². The summed E-state index contributed by atoms with van der Waals surface area (Å²) in [5.74, 6) is 3.01. The van der Waals surface area contributed by atoms with Crippen molar-refractivity contribution in [2.45, 2.75) is 231 Å². The molecule has 4 heterocycles. The second kappa shape index (κ2) is 18.6. The molecule has 1 aromatic rings. The molecular formula is C45H82N8O3. The quantitative estimate of drug-likeness (QED) is 0.178. The first-order chi connectivity index (χ1) is 26.6. The van der Waals surface area contributed by atoms with E-state index in [1.54, 1.807) is 0 Å². The summed E-state index contributed by atoms with van der Waals surface area (Å²) in [6, 6.07) is 0.481. The summed E-state index contributed by atoms with van der Waals surface area (Å²) in [7, 11) is 0. The number of aromatic nitrogens is 3. The lowest BCUT2D eigenvalue weighted by Gasteiger charge is -2.56. The first kappa shape index (κ1) is 43.8. The molecule has 11 heteroatoms. The van der Waals surface area contributed by atoms with Crippen LogP contribution in [0.3, 0.4) is 0 Å². The van der Waals surface area contributed by atoms with Gasteiger partial charge in [-0.05, 0) is 131 Å². The van der Waals surface area contributed by atoms with E-state index in [1.807, 2.05) is 0 Å². The zero-order valence-corrected chi connectivity index (χ0v) is 37.4. The molecule has 3 saturated heterocycles. The normalized spacial score (nSPS) is 26.9. The Balaban J connectivity index is 1.23. The second-order valence-electron chi connectivity index (χ2n) is 20.9. The van der Waals surface area contributed by atoms with Crippen LogP contribution in [0.2, 0.25) is 0 Å². The van der Waals surface area contributed by atoms with Crippen LogP contribution in [0.5, 0.6) is 0 Å². The Bertz CT molecular complexity index is 1240. The van der Waals surface area contributed by atoms with Crippen molar-refractivity contribution in [2.75, 3.05) is 41.8 Å². The largest absolute Gasteiger partial charge is 0.378 e. The van der Waals surface area contributed by atoms with Crippen molar-refractivity contribution in [1.82, 2.24) is 25.1 Å². The molecule has 2 saturated carbocycles. The molecule has 56 heavy (non-hydrogen) atoms. The lowest BCUT2D eigenvalue weighted by molar-refractivity contribution is -0.314. The summed E-state index contributed by atoms with van der Waals surface area (Å²) < 4.78 is 5.75. The Morgan fingerprint density at radius 3 is 1.32 bits per heavy atom. The predicted molar refractivity (Wildman–Crippen MR) is 229 cm³/mol. The van der Waals surface area contributed by atoms with Crippen LogP contribution in [-0.4, -0.2) is 97.8 Å². The van der Waals surface area contributed by atoms with Gasteiger partial charge < -0.3 is 20.3 Å². The maximum absolute atomic E-state index is 6.89. The molecule has 2 aliphatic carbocycles. The lowest BCUT2D eigenvalue weighted by atomic mass is 9.71. The van der Waals surface area contributed by atoms with Gasteiger partial charge in [0.05, 0.1) is 25.4 Å². The fourth-order valence-electron chi connectivity index (χ4n) is 11.7. The number of anilines is 3. The third kappa shape index (κ3) is 10.9. The monoisotopic (exact) mass is 783 g/mol. The van der Waals surface area contributed by atoms with Crippen molar-refractivity contribution in [2.24, 2.45) is 11.8 Å². The van der Waals surface area contributed by atoms with Gasteiger partial charge in [0.1, 0.15) is 0 Å². The van der Waals surface area contributed by atoms with Crippen LogP contribution in [0, 0.1) is 11.8 Å². The Kier molecular flexibility index (Phi) is 14.6. The minimum absolute atomic E-state index is 0.0890. The number of hydroxylamine groups is 4. The van der Waals surface area contributed by atoms with Gasteiger partial charge in [0, 0.05) is 47.3 Å². The predicted octanol–water partition coefficient (Wildman–Crippen LogP) is 9.94. The van der Waals surface area contributed by atoms with Crippen LogP contribution in [0.4, 0.5) is 17.8 Å². The third-order valence-electron chi connectivity index (χ3n) is 13.7. The van der Waals surface area contributed by atoms with Crippen molar-refractivity contribution in [3.05, 3.63) is 0 Å². The molecule has 0 spiro atoms. The molecule has 3 aliphatic heterocycles. The molecule has 0 radical (unpaired) electrons. The van der Waals surface area contributed by atoms with Crippen molar-refractivity contribution in [3.8, 4) is 0 Å². The standard InChI is InChI=1S/C45H82N8O3/c1-11-19-37(33-29-42(3,4)52(43(5,6)30-33)55-35-21-15-13-16-22-35)46-39-48-40(50-41(49-39)51-25-27-54-28-26-51)47-38(20-12-2)34-31-44(7,8)53(45(9,10)32-34)56-36-23-17-14-18-24-36/h33-38H,11-32H2,1-10H3,(H2,46,47,48,49,50). The van der Waals surface area contributed by atoms with Gasteiger partial charge in [-0.15, -0.1) is 0 Å². The number of morpholine rings is 1. The second-order valence-corrected chi connectivity index (χ2v) is 20.9. The average molecular weight is 783 g/mol. The van der Waals surface area contributed by atoms with Gasteiger partial charge in [-0.3, -0.25) is 9.68 Å². The van der Waals surface area contributed by atoms with E-state index in [4.69, 9.17) is 29.4 Å². The first-order valence-electron chi connectivity index (χ1n) is 23.2. The van der Waals surface area contributed by atoms with Crippen molar-refractivity contribution in [1.29, 1.82) is 0 Å². The molecule has 0 aromatic carbocycles. The Hall–Kier alpha value is -1.79. The van der Waals surface area contributed by atoms with Crippen LogP contribution in [0.15, 0.2) is 0 Å². The summed E-state index contributed by atoms with van der Waals surface area (Å²) in [4.78, 5) is 31.6. The maximum atomic E-state index is 6.89. The van der Waals surface area contributed by atoms with Crippen LogP contribution in [0.25, 0.3) is 0 Å². The van der Waals surface area contributed by atoms with Crippen LogP contribution in [0.1, 0.15) is 185 Å². The summed E-state index contributed by atoms with van der Waals surface area (Å²) in [5.41, 5.74) is -0.356. The number of hydrogen-bond donors (Lipinski definition) is 2. The summed E-state index contributed by atoms with van der Waals surface area (Å²) >= 11 is 0. The van der Waals surface area contributed by atoms with Gasteiger partial charge in [0.15, 0.2) is 0 Å². The van der Waals surface area contributed by atoms with E-state index in [0.29, 0.717) is 49.2 Å². The number of ether oxygens (including phenoxy) is 1. The fraction of sp³-hybridized carbons (Fsp3) is 0.933. The molecule has 1 aromatic heterocycles. The van der Waals surface area contributed by atoms with E-state index in [0.717, 1.165) is 70.4 Å². The number of nitrogens with zero attached hydrogens (tertiary/aromatic N) is 6. The highest BCUT2D eigenvalue weighted by molar-refractivity contribution is 5.45. The highest BCUT2D eigenvalue weighted by Crippen LogP contribution is 2.47. The van der Waals surface area contributed by atoms with Crippen LogP contribution >= 0.6 is 0 Å². The van der Waals surface area contributed by atoms with Crippen molar-refractivity contribution >= 4 is 17.8 Å². The fourth-order valence-corrected chi connectivity index (χ4v) is 11.7. The molecule has 6 rings (SSSR count). The topological polar surface area (TPSA) is 100 Å². The van der Waals surface area contributed by atoms with Crippen molar-refractivity contribution in [3.63, 3.8) is 0 Å². The molecule has 320 valence electrons. The third-order valence-corrected chi connectivity index (χ3v) is 13.7. The molecule has 0 bridgehead atoms. The smallest absolute Gasteiger partial charge is 0.232 e. The number of rotatable bonds is 15. The van der Waals surface area contributed by atoms with Gasteiger partial charge in [-0.2, -0.15) is 25.1 Å². The summed E-state index contributed by atoms with van der Waals surface area (Å²) in [5, 5.41) is 12.7. The Morgan fingerprint density at radius 2 is 0.964 bits per heavy atom. The number of nitrogens with one attached hydrogen (secondary N) is 2. The minimum atomic E-state index is -0.0890. The van der Waals surface area contributed by atoms with E-state index in [-0.39, 0.29) is 34.2 Å². The van der Waals surface area contributed by atoms with Gasteiger partial charge in [0.25, 0.3) is 0 Å². The maximum Gasteiger partial charge on any atom is 0.232 e.